The van der Waals surface area contributed by atoms with Crippen molar-refractivity contribution in [2.24, 2.45) is 18.4 Å². The molecule has 18 heteroatoms. The van der Waals surface area contributed by atoms with Crippen LogP contribution in [-0.2, 0) is 42.3 Å². The lowest BCUT2D eigenvalue weighted by Gasteiger charge is -2.52. The van der Waals surface area contributed by atoms with Gasteiger partial charge in [0.2, 0.25) is 17.7 Å². The zero-order chi connectivity index (χ0) is 43.7. The van der Waals surface area contributed by atoms with Gasteiger partial charge in [-0.15, -0.1) is 0 Å². The van der Waals surface area contributed by atoms with Crippen LogP contribution in [-0.4, -0.2) is 108 Å². The fourth-order valence-corrected chi connectivity index (χ4v) is 7.63. The minimum atomic E-state index is -1.40. The highest BCUT2D eigenvalue weighted by molar-refractivity contribution is 6.27. The van der Waals surface area contributed by atoms with Gasteiger partial charge < -0.3 is 39.5 Å². The minimum Gasteiger partial charge on any atom is -0.496 e. The molecule has 2 bridgehead atoms. The number of imide groups is 2. The molecule has 1 aromatic heterocycles. The molecule has 3 aromatic rings. The van der Waals surface area contributed by atoms with Gasteiger partial charge in [-0.2, -0.15) is 0 Å². The van der Waals surface area contributed by atoms with Crippen LogP contribution in [0.3, 0.4) is 0 Å². The molecule has 4 N–H and O–H groups in total. The lowest BCUT2D eigenvalue weighted by Crippen LogP contribution is -2.74. The number of benzene rings is 2. The van der Waals surface area contributed by atoms with E-state index in [2.05, 4.69) is 26.3 Å². The first-order chi connectivity index (χ1) is 28.3. The van der Waals surface area contributed by atoms with Crippen LogP contribution in [0.25, 0.3) is 11.3 Å². The molecule has 18 nitrogen and oxygen atoms in total. The Morgan fingerprint density at radius 3 is 2.27 bits per heavy atom. The number of fused-ring (bicyclic) bond motifs is 3. The number of piperidine rings is 2. The highest BCUT2D eigenvalue weighted by Crippen LogP contribution is 2.49. The highest BCUT2D eigenvalue weighted by Gasteiger charge is 2.65. The standard InChI is InChI=1S/C42H51N7O11/c1-23-36(53)48(6)17-29(45-23)24-12-30(57-7)27(31(13-24)58-8)18-59-19-33(51)44-20-40(2,3)21-60-22-41(4,5)47-32(50)16-43-28-11-9-10-26-34(28)38(55)49(37(26)54)42-14-25(15-42)35(52)46-39(42)56/h9-13,17,25,43H,14-16,18-22H2,1-8H3,(H,44,51)(H,47,50)(H,46,52,56). The molecule has 7 rings (SSSR count). The second kappa shape index (κ2) is 16.8. The van der Waals surface area contributed by atoms with Gasteiger partial charge in [0.05, 0.1) is 68.5 Å². The molecule has 320 valence electrons. The Balaban J connectivity index is 0.937. The van der Waals surface area contributed by atoms with Crippen molar-refractivity contribution in [1.29, 1.82) is 0 Å². The summed E-state index contributed by atoms with van der Waals surface area (Å²) >= 11 is 0. The summed E-state index contributed by atoms with van der Waals surface area (Å²) in [7, 11) is 4.68. The number of nitrogens with zero attached hydrogens (tertiary/aromatic N) is 3. The van der Waals surface area contributed by atoms with Crippen molar-refractivity contribution in [2.45, 2.75) is 65.1 Å². The van der Waals surface area contributed by atoms with Gasteiger partial charge in [-0.05, 0) is 57.9 Å². The molecule has 4 aliphatic rings. The molecule has 4 heterocycles. The first-order valence-corrected chi connectivity index (χ1v) is 19.4. The summed E-state index contributed by atoms with van der Waals surface area (Å²) in [5.41, 5.74) is -0.212. The Kier molecular flexibility index (Phi) is 12.2. The fraction of sp³-hybridized carbons (Fsp3) is 0.476. The Labute approximate surface area is 346 Å². The number of anilines is 1. The molecule has 0 atom stereocenters. The number of hydrogen-bond acceptors (Lipinski definition) is 13. The third kappa shape index (κ3) is 8.74. The van der Waals surface area contributed by atoms with Crippen molar-refractivity contribution in [1.82, 2.24) is 30.4 Å². The zero-order valence-electron chi connectivity index (χ0n) is 35.0. The minimum absolute atomic E-state index is 0.0255. The molecular formula is C42H51N7O11. The monoisotopic (exact) mass is 829 g/mol. The Morgan fingerprint density at radius 1 is 0.950 bits per heavy atom. The topological polar surface area (TPSA) is 226 Å². The van der Waals surface area contributed by atoms with E-state index in [-0.39, 0.29) is 80.6 Å². The maximum absolute atomic E-state index is 13.6. The van der Waals surface area contributed by atoms with Gasteiger partial charge in [0.25, 0.3) is 23.3 Å². The van der Waals surface area contributed by atoms with Crippen LogP contribution in [0.1, 0.15) is 72.5 Å². The fourth-order valence-electron chi connectivity index (χ4n) is 7.63. The number of amides is 6. The van der Waals surface area contributed by atoms with Gasteiger partial charge in [-0.3, -0.25) is 43.8 Å². The van der Waals surface area contributed by atoms with Crippen molar-refractivity contribution in [3.63, 3.8) is 0 Å². The molecule has 1 aliphatic carbocycles. The largest absolute Gasteiger partial charge is 0.496 e. The van der Waals surface area contributed by atoms with Gasteiger partial charge >= 0.3 is 0 Å². The third-order valence-electron chi connectivity index (χ3n) is 10.8. The van der Waals surface area contributed by atoms with Gasteiger partial charge in [-0.25, -0.2) is 4.98 Å². The molecule has 3 fully saturated rings. The predicted octanol–water partition coefficient (Wildman–Crippen LogP) is 1.86. The van der Waals surface area contributed by atoms with E-state index in [0.717, 1.165) is 4.90 Å². The number of hydrogen-bond donors (Lipinski definition) is 4. The average Bonchev–Trinajstić information content (AvgIpc) is 3.43. The number of nitrogens with one attached hydrogen (secondary N) is 4. The van der Waals surface area contributed by atoms with E-state index in [9.17, 15) is 33.6 Å². The molecule has 0 spiro atoms. The van der Waals surface area contributed by atoms with E-state index in [4.69, 9.17) is 18.9 Å². The van der Waals surface area contributed by atoms with Crippen LogP contribution in [0.2, 0.25) is 0 Å². The molecule has 60 heavy (non-hydrogen) atoms. The van der Waals surface area contributed by atoms with Crippen LogP contribution in [0.15, 0.2) is 41.3 Å². The Hall–Kier alpha value is -6.14. The molecule has 6 amide bonds. The summed E-state index contributed by atoms with van der Waals surface area (Å²) < 4.78 is 24.4. The van der Waals surface area contributed by atoms with Crippen molar-refractivity contribution in [3.8, 4) is 22.8 Å². The summed E-state index contributed by atoms with van der Waals surface area (Å²) in [5.74, 6) is -2.55. The van der Waals surface area contributed by atoms with Crippen LogP contribution < -0.4 is 36.3 Å². The number of rotatable bonds is 18. The maximum atomic E-state index is 13.6. The normalized spacial score (nSPS) is 18.4. The number of aryl methyl sites for hydroxylation is 2. The molecule has 2 aromatic carbocycles. The van der Waals surface area contributed by atoms with Crippen molar-refractivity contribution >= 4 is 41.1 Å². The number of methoxy groups -OCH3 is 2. The quantitative estimate of drug-likeness (QED) is 0.135. The smallest absolute Gasteiger partial charge is 0.271 e. The number of aromatic nitrogens is 2. The van der Waals surface area contributed by atoms with E-state index in [0.29, 0.717) is 34.0 Å². The molecule has 1 saturated carbocycles. The summed E-state index contributed by atoms with van der Waals surface area (Å²) in [6, 6.07) is 8.20. The van der Waals surface area contributed by atoms with Crippen LogP contribution in [0, 0.1) is 18.3 Å². The van der Waals surface area contributed by atoms with Crippen molar-refractivity contribution in [3.05, 3.63) is 69.3 Å². The Bertz CT molecular complexity index is 2260. The summed E-state index contributed by atoms with van der Waals surface area (Å²) in [6.45, 7) is 9.35. The van der Waals surface area contributed by atoms with E-state index < -0.39 is 51.9 Å². The van der Waals surface area contributed by atoms with E-state index in [1.54, 1.807) is 58.3 Å². The molecule has 3 aliphatic heterocycles. The molecule has 0 unspecified atom stereocenters. The summed E-state index contributed by atoms with van der Waals surface area (Å²) in [4.78, 5) is 95.0. The van der Waals surface area contributed by atoms with Gasteiger partial charge in [0.15, 0.2) is 0 Å². The zero-order valence-corrected chi connectivity index (χ0v) is 35.0. The average molecular weight is 830 g/mol. The summed E-state index contributed by atoms with van der Waals surface area (Å²) in [5, 5.41) is 11.0. The van der Waals surface area contributed by atoms with Gasteiger partial charge in [0, 0.05) is 42.4 Å². The van der Waals surface area contributed by atoms with E-state index in [1.807, 2.05) is 13.8 Å². The van der Waals surface area contributed by atoms with Gasteiger partial charge in [-0.1, -0.05) is 19.9 Å². The second-order valence-corrected chi connectivity index (χ2v) is 16.8. The molecule has 0 radical (unpaired) electrons. The number of carbonyl (C=O) groups is 6. The number of carbonyl (C=O) groups excluding carboxylic acids is 6. The van der Waals surface area contributed by atoms with Crippen molar-refractivity contribution < 1.29 is 47.7 Å². The SMILES string of the molecule is COc1cc(-c2cn(C)c(=O)c(C)n2)cc(OC)c1COCC(=O)NCC(C)(C)COCC(C)(C)NC(=O)CNc1cccc2c1C(=O)N(C13CC(C1)C(=O)NC3=O)C2=O. The van der Waals surface area contributed by atoms with E-state index in [1.165, 1.54) is 24.9 Å². The highest BCUT2D eigenvalue weighted by atomic mass is 16.5. The number of ether oxygens (including phenoxy) is 4. The van der Waals surface area contributed by atoms with E-state index >= 15 is 0 Å². The molecular weight excluding hydrogens is 778 g/mol. The molecule has 2 saturated heterocycles. The van der Waals surface area contributed by atoms with Crippen molar-refractivity contribution in [2.75, 3.05) is 52.4 Å². The van der Waals surface area contributed by atoms with Crippen LogP contribution in [0.4, 0.5) is 5.69 Å². The lowest BCUT2D eigenvalue weighted by molar-refractivity contribution is -0.158. The second-order valence-electron chi connectivity index (χ2n) is 16.8. The van der Waals surface area contributed by atoms with Crippen LogP contribution in [0.5, 0.6) is 11.5 Å². The summed E-state index contributed by atoms with van der Waals surface area (Å²) in [6.07, 6.45) is 1.82. The lowest BCUT2D eigenvalue weighted by atomic mass is 9.63. The van der Waals surface area contributed by atoms with Crippen LogP contribution >= 0.6 is 0 Å². The Morgan fingerprint density at radius 2 is 1.63 bits per heavy atom. The predicted molar refractivity (Wildman–Crippen MR) is 216 cm³/mol. The third-order valence-corrected chi connectivity index (χ3v) is 10.8. The maximum Gasteiger partial charge on any atom is 0.271 e. The first kappa shape index (κ1) is 43.4. The van der Waals surface area contributed by atoms with Gasteiger partial charge in [0.1, 0.15) is 29.3 Å². The first-order valence-electron chi connectivity index (χ1n) is 19.4.